The van der Waals surface area contributed by atoms with Crippen molar-refractivity contribution in [2.75, 3.05) is 19.8 Å². The fourth-order valence-corrected chi connectivity index (χ4v) is 2.85. The third kappa shape index (κ3) is 5.22. The number of non-ortho nitro benzene ring substituents is 1. The topological polar surface area (TPSA) is 120 Å². The van der Waals surface area contributed by atoms with E-state index in [-0.39, 0.29) is 30.6 Å². The number of nitrogens with one attached hydrogen (secondary N) is 2. The SMILES string of the molecule is CC(NC(=O)CCNC(=O)c1ccc([N+](=O)[O-])cc1)c1ccc2c(c1)OCCO2. The van der Waals surface area contributed by atoms with Gasteiger partial charge in [0, 0.05) is 30.7 Å². The molecular weight excluding hydrogens is 378 g/mol. The van der Waals surface area contributed by atoms with E-state index in [2.05, 4.69) is 10.6 Å². The molecule has 3 rings (SSSR count). The van der Waals surface area contributed by atoms with Crippen molar-refractivity contribution in [2.24, 2.45) is 0 Å². The van der Waals surface area contributed by atoms with Crippen LogP contribution in [0.1, 0.15) is 35.3 Å². The van der Waals surface area contributed by atoms with Gasteiger partial charge in [-0.3, -0.25) is 19.7 Å². The number of hydrogen-bond donors (Lipinski definition) is 2. The highest BCUT2D eigenvalue weighted by Gasteiger charge is 2.16. The predicted molar refractivity (Wildman–Crippen MR) is 104 cm³/mol. The Bertz CT molecular complexity index is 913. The summed E-state index contributed by atoms with van der Waals surface area (Å²) < 4.78 is 11.0. The monoisotopic (exact) mass is 399 g/mol. The highest BCUT2D eigenvalue weighted by Crippen LogP contribution is 2.32. The summed E-state index contributed by atoms with van der Waals surface area (Å²) in [5.74, 6) is 0.738. The Kier molecular flexibility index (Phi) is 6.28. The fourth-order valence-electron chi connectivity index (χ4n) is 2.85. The molecule has 0 aromatic heterocycles. The molecule has 0 fully saturated rings. The van der Waals surface area contributed by atoms with E-state index in [0.29, 0.717) is 30.3 Å². The molecule has 0 spiro atoms. The molecule has 0 saturated heterocycles. The third-order valence-corrected chi connectivity index (χ3v) is 4.42. The molecule has 29 heavy (non-hydrogen) atoms. The molecule has 1 aliphatic rings. The van der Waals surface area contributed by atoms with Crippen LogP contribution in [0.15, 0.2) is 42.5 Å². The second kappa shape index (κ2) is 9.05. The average molecular weight is 399 g/mol. The number of nitrogens with zero attached hydrogens (tertiary/aromatic N) is 1. The predicted octanol–water partition coefficient (Wildman–Crippen LogP) is 2.36. The van der Waals surface area contributed by atoms with Crippen molar-refractivity contribution in [3.05, 3.63) is 63.7 Å². The van der Waals surface area contributed by atoms with Crippen molar-refractivity contribution in [1.82, 2.24) is 10.6 Å². The molecule has 0 bridgehead atoms. The summed E-state index contributed by atoms with van der Waals surface area (Å²) >= 11 is 0. The summed E-state index contributed by atoms with van der Waals surface area (Å²) in [6.45, 7) is 3.02. The van der Waals surface area contributed by atoms with E-state index in [0.717, 1.165) is 5.56 Å². The molecule has 1 unspecified atom stereocenters. The number of fused-ring (bicyclic) bond motifs is 1. The highest BCUT2D eigenvalue weighted by molar-refractivity contribution is 5.94. The molecule has 0 aliphatic carbocycles. The molecule has 0 radical (unpaired) electrons. The Morgan fingerprint density at radius 2 is 1.79 bits per heavy atom. The van der Waals surface area contributed by atoms with Crippen LogP contribution >= 0.6 is 0 Å². The second-order valence-electron chi connectivity index (χ2n) is 6.50. The van der Waals surface area contributed by atoms with E-state index in [1.165, 1.54) is 24.3 Å². The van der Waals surface area contributed by atoms with Crippen LogP contribution in [-0.4, -0.2) is 36.5 Å². The highest BCUT2D eigenvalue weighted by atomic mass is 16.6. The first-order valence-electron chi connectivity index (χ1n) is 9.15. The molecule has 9 heteroatoms. The summed E-state index contributed by atoms with van der Waals surface area (Å²) in [5.41, 5.74) is 1.09. The summed E-state index contributed by atoms with van der Waals surface area (Å²) in [7, 11) is 0. The minimum absolute atomic E-state index is 0.0888. The Hall–Kier alpha value is -3.62. The molecule has 2 N–H and O–H groups in total. The molecule has 9 nitrogen and oxygen atoms in total. The molecule has 1 aliphatic heterocycles. The average Bonchev–Trinajstić information content (AvgIpc) is 2.73. The summed E-state index contributed by atoms with van der Waals surface area (Å²) in [4.78, 5) is 34.3. The van der Waals surface area contributed by atoms with Crippen molar-refractivity contribution in [2.45, 2.75) is 19.4 Å². The van der Waals surface area contributed by atoms with Gasteiger partial charge in [0.25, 0.3) is 11.6 Å². The van der Waals surface area contributed by atoms with Gasteiger partial charge in [0.05, 0.1) is 11.0 Å². The standard InChI is InChI=1S/C20H21N3O6/c1-13(15-4-7-17-18(12-15)29-11-10-28-17)22-19(24)8-9-21-20(25)14-2-5-16(6-3-14)23(26)27/h2-7,12-13H,8-11H2,1H3,(H,21,25)(H,22,24). The van der Waals surface area contributed by atoms with E-state index in [1.807, 2.05) is 25.1 Å². The van der Waals surface area contributed by atoms with Gasteiger partial charge in [-0.05, 0) is 36.8 Å². The van der Waals surface area contributed by atoms with Crippen molar-refractivity contribution in [1.29, 1.82) is 0 Å². The van der Waals surface area contributed by atoms with Crippen LogP contribution in [0, 0.1) is 10.1 Å². The van der Waals surface area contributed by atoms with Crippen LogP contribution in [-0.2, 0) is 4.79 Å². The van der Waals surface area contributed by atoms with Crippen LogP contribution in [0.3, 0.4) is 0 Å². The zero-order valence-electron chi connectivity index (χ0n) is 15.8. The largest absolute Gasteiger partial charge is 0.486 e. The van der Waals surface area contributed by atoms with Crippen molar-refractivity contribution in [3.63, 3.8) is 0 Å². The lowest BCUT2D eigenvalue weighted by atomic mass is 10.1. The van der Waals surface area contributed by atoms with Gasteiger partial charge in [0.1, 0.15) is 13.2 Å². The maximum atomic E-state index is 12.2. The van der Waals surface area contributed by atoms with Crippen LogP contribution in [0.2, 0.25) is 0 Å². The normalized spacial score (nSPS) is 13.3. The quantitative estimate of drug-likeness (QED) is 0.545. The number of hydrogen-bond acceptors (Lipinski definition) is 6. The van der Waals surface area contributed by atoms with Crippen molar-refractivity contribution >= 4 is 17.5 Å². The van der Waals surface area contributed by atoms with Gasteiger partial charge in [0.15, 0.2) is 11.5 Å². The number of ether oxygens (including phenoxy) is 2. The van der Waals surface area contributed by atoms with Gasteiger partial charge in [-0.25, -0.2) is 0 Å². The van der Waals surface area contributed by atoms with Crippen LogP contribution in [0.4, 0.5) is 5.69 Å². The Balaban J connectivity index is 1.45. The van der Waals surface area contributed by atoms with E-state index in [4.69, 9.17) is 9.47 Å². The van der Waals surface area contributed by atoms with Crippen molar-refractivity contribution < 1.29 is 24.0 Å². The lowest BCUT2D eigenvalue weighted by Gasteiger charge is -2.21. The smallest absolute Gasteiger partial charge is 0.269 e. The first-order valence-corrected chi connectivity index (χ1v) is 9.15. The Labute approximate surface area is 167 Å². The lowest BCUT2D eigenvalue weighted by Crippen LogP contribution is -2.32. The first-order chi connectivity index (χ1) is 13.9. The third-order valence-electron chi connectivity index (χ3n) is 4.42. The molecule has 152 valence electrons. The van der Waals surface area contributed by atoms with Gasteiger partial charge in [-0.1, -0.05) is 6.07 Å². The van der Waals surface area contributed by atoms with Gasteiger partial charge >= 0.3 is 0 Å². The van der Waals surface area contributed by atoms with Crippen LogP contribution in [0.25, 0.3) is 0 Å². The molecular formula is C20H21N3O6. The number of nitro benzene ring substituents is 1. The molecule has 0 saturated carbocycles. The van der Waals surface area contributed by atoms with Gasteiger partial charge in [-0.2, -0.15) is 0 Å². The molecule has 1 atom stereocenters. The van der Waals surface area contributed by atoms with Crippen LogP contribution < -0.4 is 20.1 Å². The molecule has 2 aromatic carbocycles. The van der Waals surface area contributed by atoms with E-state index in [1.54, 1.807) is 0 Å². The molecule has 1 heterocycles. The van der Waals surface area contributed by atoms with Crippen LogP contribution in [0.5, 0.6) is 11.5 Å². The summed E-state index contributed by atoms with van der Waals surface area (Å²) in [5, 5.41) is 16.1. The maximum absolute atomic E-state index is 12.2. The van der Waals surface area contributed by atoms with Gasteiger partial charge in [0.2, 0.25) is 5.91 Å². The number of benzene rings is 2. The zero-order chi connectivity index (χ0) is 20.8. The van der Waals surface area contributed by atoms with E-state index in [9.17, 15) is 19.7 Å². The fraction of sp³-hybridized carbons (Fsp3) is 0.300. The van der Waals surface area contributed by atoms with E-state index < -0.39 is 10.8 Å². The minimum atomic E-state index is -0.533. The zero-order valence-corrected chi connectivity index (χ0v) is 15.8. The minimum Gasteiger partial charge on any atom is -0.486 e. The second-order valence-corrected chi connectivity index (χ2v) is 6.50. The molecule has 2 amide bonds. The molecule has 2 aromatic rings. The number of amides is 2. The Morgan fingerprint density at radius 3 is 2.48 bits per heavy atom. The van der Waals surface area contributed by atoms with Gasteiger partial charge < -0.3 is 20.1 Å². The Morgan fingerprint density at radius 1 is 1.10 bits per heavy atom. The number of rotatable bonds is 7. The summed E-state index contributed by atoms with van der Waals surface area (Å²) in [6, 6.07) is 10.6. The van der Waals surface area contributed by atoms with Gasteiger partial charge in [-0.15, -0.1) is 0 Å². The number of carbonyl (C=O) groups is 2. The van der Waals surface area contributed by atoms with E-state index >= 15 is 0 Å². The number of carbonyl (C=O) groups excluding carboxylic acids is 2. The first kappa shape index (κ1) is 20.1. The summed E-state index contributed by atoms with van der Waals surface area (Å²) in [6.07, 6.45) is 0.105. The van der Waals surface area contributed by atoms with Crippen molar-refractivity contribution in [3.8, 4) is 11.5 Å². The number of nitro groups is 1. The lowest BCUT2D eigenvalue weighted by molar-refractivity contribution is -0.384. The maximum Gasteiger partial charge on any atom is 0.269 e.